The van der Waals surface area contributed by atoms with E-state index in [1.54, 1.807) is 0 Å². The summed E-state index contributed by atoms with van der Waals surface area (Å²) in [5, 5.41) is 6.95. The second-order valence-electron chi connectivity index (χ2n) is 6.19. The molecule has 1 aromatic carbocycles. The first-order valence-corrected chi connectivity index (χ1v) is 10.2. The molecule has 1 heterocycles. The van der Waals surface area contributed by atoms with E-state index in [1.807, 2.05) is 6.92 Å². The van der Waals surface area contributed by atoms with E-state index in [0.29, 0.717) is 6.04 Å². The third-order valence-corrected chi connectivity index (χ3v) is 4.91. The van der Waals surface area contributed by atoms with Gasteiger partial charge >= 0.3 is 0 Å². The summed E-state index contributed by atoms with van der Waals surface area (Å²) >= 11 is 3.65. The number of hydrogen-bond donors (Lipinski definition) is 2. The summed E-state index contributed by atoms with van der Waals surface area (Å²) in [5.74, 6) is 0.929. The van der Waals surface area contributed by atoms with Crippen LogP contribution in [0.25, 0.3) is 0 Å². The van der Waals surface area contributed by atoms with Gasteiger partial charge in [0.2, 0.25) is 0 Å². The van der Waals surface area contributed by atoms with Crippen molar-refractivity contribution in [1.82, 2.24) is 10.6 Å². The lowest BCUT2D eigenvalue weighted by Gasteiger charge is -2.21. The third-order valence-electron chi connectivity index (χ3n) is 4.24. The van der Waals surface area contributed by atoms with Crippen molar-refractivity contribution in [2.45, 2.75) is 39.2 Å². The minimum atomic E-state index is 0.424. The van der Waals surface area contributed by atoms with E-state index in [0.717, 1.165) is 69.1 Å². The van der Waals surface area contributed by atoms with E-state index < -0.39 is 0 Å². The van der Waals surface area contributed by atoms with Gasteiger partial charge in [0, 0.05) is 49.9 Å². The Hall–Kier alpha value is -1.27. The fraction of sp³-hybridized carbons (Fsp3) is 0.632. The van der Waals surface area contributed by atoms with E-state index in [2.05, 4.69) is 62.7 Å². The molecule has 2 rings (SSSR count). The molecule has 0 radical (unpaired) electrons. The third kappa shape index (κ3) is 6.86. The van der Waals surface area contributed by atoms with Crippen LogP contribution in [-0.4, -0.2) is 51.4 Å². The number of rotatable bonds is 9. The zero-order valence-electron chi connectivity index (χ0n) is 15.4. The van der Waals surface area contributed by atoms with Crippen LogP contribution in [0.1, 0.15) is 33.1 Å². The predicted octanol–water partition coefficient (Wildman–Crippen LogP) is 3.40. The Balaban J connectivity index is 1.80. The van der Waals surface area contributed by atoms with Crippen LogP contribution >= 0.6 is 15.9 Å². The Kier molecular flexibility index (Phi) is 9.11. The summed E-state index contributed by atoms with van der Waals surface area (Å²) in [5.41, 5.74) is 1.27. The second kappa shape index (κ2) is 11.4. The van der Waals surface area contributed by atoms with Gasteiger partial charge in [-0.05, 0) is 61.2 Å². The molecule has 1 aliphatic rings. The Morgan fingerprint density at radius 1 is 1.32 bits per heavy atom. The van der Waals surface area contributed by atoms with E-state index in [-0.39, 0.29) is 0 Å². The monoisotopic (exact) mass is 410 g/mol. The maximum Gasteiger partial charge on any atom is 0.191 e. The van der Waals surface area contributed by atoms with E-state index in [9.17, 15) is 0 Å². The van der Waals surface area contributed by atoms with Crippen molar-refractivity contribution in [3.05, 3.63) is 28.7 Å². The molecule has 1 atom stereocenters. The maximum atomic E-state index is 5.37. The number of halogens is 1. The molecule has 0 bridgehead atoms. The summed E-state index contributed by atoms with van der Waals surface area (Å²) in [6, 6.07) is 8.84. The highest BCUT2D eigenvalue weighted by Crippen LogP contribution is 2.28. The van der Waals surface area contributed by atoms with Crippen molar-refractivity contribution in [2.75, 3.05) is 44.3 Å². The number of nitrogens with zero attached hydrogens (tertiary/aromatic N) is 2. The van der Waals surface area contributed by atoms with Crippen LogP contribution in [-0.2, 0) is 4.74 Å². The first-order chi connectivity index (χ1) is 12.2. The van der Waals surface area contributed by atoms with Crippen LogP contribution in [0.15, 0.2) is 33.7 Å². The molecule has 0 aromatic heterocycles. The lowest BCUT2D eigenvalue weighted by molar-refractivity contribution is 0.144. The molecule has 0 saturated carbocycles. The fourth-order valence-electron chi connectivity index (χ4n) is 2.97. The highest BCUT2D eigenvalue weighted by atomic mass is 79.9. The standard InChI is InChI=1S/C19H31BrN4O/c1-3-21-19(22-12-7-8-14-25-4-2)23-16-11-13-24(15-16)18-10-6-5-9-17(18)20/h5-6,9-10,16H,3-4,7-8,11-15H2,1-2H3,(H2,21,22,23). The zero-order chi connectivity index (χ0) is 17.9. The van der Waals surface area contributed by atoms with Gasteiger partial charge in [0.15, 0.2) is 5.96 Å². The molecule has 1 aromatic rings. The number of para-hydroxylation sites is 1. The molecule has 0 amide bonds. The van der Waals surface area contributed by atoms with Gasteiger partial charge in [0.1, 0.15) is 0 Å². The topological polar surface area (TPSA) is 48.9 Å². The first-order valence-electron chi connectivity index (χ1n) is 9.36. The van der Waals surface area contributed by atoms with Crippen LogP contribution in [0.2, 0.25) is 0 Å². The van der Waals surface area contributed by atoms with Crippen LogP contribution in [0, 0.1) is 0 Å². The average molecular weight is 411 g/mol. The number of anilines is 1. The first kappa shape index (κ1) is 20.0. The lowest BCUT2D eigenvalue weighted by Crippen LogP contribution is -2.44. The maximum absolute atomic E-state index is 5.37. The van der Waals surface area contributed by atoms with Gasteiger partial charge in [-0.15, -0.1) is 0 Å². The molecule has 1 fully saturated rings. The summed E-state index contributed by atoms with van der Waals surface area (Å²) in [6.07, 6.45) is 3.25. The lowest BCUT2D eigenvalue weighted by atomic mass is 10.2. The molecule has 1 unspecified atom stereocenters. The number of aliphatic imine (C=N–C) groups is 1. The summed E-state index contributed by atoms with van der Waals surface area (Å²) in [7, 11) is 0. The SMILES string of the molecule is CCNC(=NCCCCOCC)NC1CCN(c2ccccc2Br)C1. The minimum Gasteiger partial charge on any atom is -0.382 e. The Labute approximate surface area is 160 Å². The van der Waals surface area contributed by atoms with E-state index in [1.165, 1.54) is 5.69 Å². The summed E-state index contributed by atoms with van der Waals surface area (Å²) in [6.45, 7) is 9.54. The predicted molar refractivity (Wildman–Crippen MR) is 110 cm³/mol. The Morgan fingerprint density at radius 2 is 2.16 bits per heavy atom. The van der Waals surface area contributed by atoms with Crippen molar-refractivity contribution in [1.29, 1.82) is 0 Å². The quantitative estimate of drug-likeness (QED) is 0.372. The average Bonchev–Trinajstić information content (AvgIpc) is 3.07. The molecule has 25 heavy (non-hydrogen) atoms. The molecule has 0 spiro atoms. The van der Waals surface area contributed by atoms with E-state index in [4.69, 9.17) is 9.73 Å². The second-order valence-corrected chi connectivity index (χ2v) is 7.05. The number of hydrogen-bond acceptors (Lipinski definition) is 3. The Bertz CT molecular complexity index is 538. The Morgan fingerprint density at radius 3 is 2.92 bits per heavy atom. The molecule has 1 saturated heterocycles. The number of unbranched alkanes of at least 4 members (excludes halogenated alkanes) is 1. The van der Waals surface area contributed by atoms with Crippen LogP contribution < -0.4 is 15.5 Å². The van der Waals surface area contributed by atoms with Crippen molar-refractivity contribution in [3.63, 3.8) is 0 Å². The van der Waals surface area contributed by atoms with Gasteiger partial charge < -0.3 is 20.3 Å². The van der Waals surface area contributed by atoms with Gasteiger partial charge in [-0.25, -0.2) is 0 Å². The molecule has 2 N–H and O–H groups in total. The zero-order valence-corrected chi connectivity index (χ0v) is 17.0. The van der Waals surface area contributed by atoms with Crippen molar-refractivity contribution in [3.8, 4) is 0 Å². The molecule has 0 aliphatic carbocycles. The smallest absolute Gasteiger partial charge is 0.191 e. The summed E-state index contributed by atoms with van der Waals surface area (Å²) < 4.78 is 6.53. The van der Waals surface area contributed by atoms with Gasteiger partial charge in [-0.1, -0.05) is 12.1 Å². The van der Waals surface area contributed by atoms with Gasteiger partial charge in [0.05, 0.1) is 5.69 Å². The number of ether oxygens (including phenoxy) is 1. The summed E-state index contributed by atoms with van der Waals surface area (Å²) in [4.78, 5) is 7.13. The van der Waals surface area contributed by atoms with Gasteiger partial charge in [0.25, 0.3) is 0 Å². The highest BCUT2D eigenvalue weighted by molar-refractivity contribution is 9.10. The van der Waals surface area contributed by atoms with Crippen molar-refractivity contribution >= 4 is 27.6 Å². The molecule has 1 aliphatic heterocycles. The molecule has 6 heteroatoms. The number of guanidine groups is 1. The fourth-order valence-corrected chi connectivity index (χ4v) is 3.51. The normalized spacial score (nSPS) is 17.8. The van der Waals surface area contributed by atoms with Crippen LogP contribution in [0.4, 0.5) is 5.69 Å². The molecular weight excluding hydrogens is 380 g/mol. The number of benzene rings is 1. The number of nitrogens with one attached hydrogen (secondary N) is 2. The minimum absolute atomic E-state index is 0.424. The molecule has 5 nitrogen and oxygen atoms in total. The van der Waals surface area contributed by atoms with Gasteiger partial charge in [-0.2, -0.15) is 0 Å². The molecule has 140 valence electrons. The largest absolute Gasteiger partial charge is 0.382 e. The van der Waals surface area contributed by atoms with Gasteiger partial charge in [-0.3, -0.25) is 4.99 Å². The van der Waals surface area contributed by atoms with Crippen molar-refractivity contribution < 1.29 is 4.74 Å². The molecular formula is C19H31BrN4O. The van der Waals surface area contributed by atoms with E-state index >= 15 is 0 Å². The van der Waals surface area contributed by atoms with Crippen LogP contribution in [0.3, 0.4) is 0 Å². The van der Waals surface area contributed by atoms with Crippen LogP contribution in [0.5, 0.6) is 0 Å². The van der Waals surface area contributed by atoms with Crippen molar-refractivity contribution in [2.24, 2.45) is 4.99 Å². The highest BCUT2D eigenvalue weighted by Gasteiger charge is 2.24.